The lowest BCUT2D eigenvalue weighted by Gasteiger charge is -2.27. The molecule has 0 amide bonds. The fourth-order valence-electron chi connectivity index (χ4n) is 4.53. The molecule has 1 heterocycles. The van der Waals surface area contributed by atoms with Crippen molar-refractivity contribution < 1.29 is 23.7 Å². The van der Waals surface area contributed by atoms with E-state index in [-0.39, 0.29) is 23.8 Å². The van der Waals surface area contributed by atoms with Gasteiger partial charge in [-0.2, -0.15) is 5.26 Å². The third-order valence-corrected chi connectivity index (χ3v) is 6.89. The zero-order valence-corrected chi connectivity index (χ0v) is 22.6. The first-order chi connectivity index (χ1) is 19.4. The van der Waals surface area contributed by atoms with Crippen molar-refractivity contribution in [3.63, 3.8) is 0 Å². The molecule has 4 aromatic carbocycles. The van der Waals surface area contributed by atoms with Crippen LogP contribution in [-0.2, 0) is 6.61 Å². The van der Waals surface area contributed by atoms with Gasteiger partial charge >= 0.3 is 5.97 Å². The predicted octanol–water partition coefficient (Wildman–Crippen LogP) is 6.67. The van der Waals surface area contributed by atoms with Gasteiger partial charge < -0.3 is 24.7 Å². The molecule has 1 aliphatic heterocycles. The number of hydrogen-bond donors (Lipinski definition) is 1. The highest BCUT2D eigenvalue weighted by atomic mass is 35.5. The molecule has 0 spiro atoms. The van der Waals surface area contributed by atoms with Gasteiger partial charge in [-0.3, -0.25) is 0 Å². The van der Waals surface area contributed by atoms with Gasteiger partial charge in [0.15, 0.2) is 11.5 Å². The van der Waals surface area contributed by atoms with Gasteiger partial charge in [0.25, 0.3) is 0 Å². The van der Waals surface area contributed by atoms with E-state index in [0.717, 1.165) is 16.7 Å². The van der Waals surface area contributed by atoms with Crippen LogP contribution in [0.2, 0.25) is 5.02 Å². The molecule has 0 saturated carbocycles. The minimum Gasteiger partial charge on any atom is -0.493 e. The first-order valence-electron chi connectivity index (χ1n) is 12.4. The van der Waals surface area contributed by atoms with Crippen LogP contribution in [0.15, 0.2) is 96.4 Å². The maximum Gasteiger partial charge on any atom is 0.343 e. The van der Waals surface area contributed by atoms with E-state index in [0.29, 0.717) is 33.4 Å². The van der Waals surface area contributed by atoms with Crippen LogP contribution in [0.4, 0.5) is 0 Å². The van der Waals surface area contributed by atoms with E-state index < -0.39 is 11.9 Å². The standard InChI is InChI=1S/C32H25ClN2O5/c1-19-6-5-8-21(14-19)32(36)39-23-11-12-24-28(16-23)40-31(35)25(17-34)30(24)20-10-13-27(29(15-20)37-2)38-18-22-7-3-4-9-26(22)33/h3-16,30H,18,35H2,1-2H3. The van der Waals surface area contributed by atoms with Crippen molar-refractivity contribution in [2.75, 3.05) is 7.11 Å². The van der Waals surface area contributed by atoms with Crippen LogP contribution in [0.5, 0.6) is 23.0 Å². The number of carbonyl (C=O) groups is 1. The summed E-state index contributed by atoms with van der Waals surface area (Å²) >= 11 is 6.26. The SMILES string of the molecule is COc1cc(C2C(C#N)=C(N)Oc3cc(OC(=O)c4cccc(C)c4)ccc32)ccc1OCc1ccccc1Cl. The van der Waals surface area contributed by atoms with Crippen LogP contribution in [0.1, 0.15) is 38.5 Å². The van der Waals surface area contributed by atoms with Gasteiger partial charge in [0.05, 0.1) is 18.6 Å². The molecule has 1 aliphatic rings. The first-order valence-corrected chi connectivity index (χ1v) is 12.8. The Kier molecular flexibility index (Phi) is 7.63. The lowest BCUT2D eigenvalue weighted by molar-refractivity contribution is 0.0734. The van der Waals surface area contributed by atoms with E-state index in [4.69, 9.17) is 36.3 Å². The number of ether oxygens (including phenoxy) is 4. The lowest BCUT2D eigenvalue weighted by Crippen LogP contribution is -2.21. The number of nitrogens with zero attached hydrogens (tertiary/aromatic N) is 1. The summed E-state index contributed by atoms with van der Waals surface area (Å²) in [6.07, 6.45) is 0. The van der Waals surface area contributed by atoms with Gasteiger partial charge in [0, 0.05) is 22.2 Å². The summed E-state index contributed by atoms with van der Waals surface area (Å²) in [5.41, 5.74) is 10.1. The second-order valence-electron chi connectivity index (χ2n) is 9.17. The average molecular weight is 553 g/mol. The van der Waals surface area contributed by atoms with Crippen LogP contribution < -0.4 is 24.7 Å². The number of aryl methyl sites for hydroxylation is 1. The molecule has 0 aromatic heterocycles. The van der Waals surface area contributed by atoms with Crippen molar-refractivity contribution in [3.05, 3.63) is 129 Å². The van der Waals surface area contributed by atoms with Crippen LogP contribution in [0.3, 0.4) is 0 Å². The number of nitriles is 1. The number of nitrogens with two attached hydrogens (primary N) is 1. The minimum absolute atomic E-state index is 0.0276. The fraction of sp³-hybridized carbons (Fsp3) is 0.125. The molecule has 40 heavy (non-hydrogen) atoms. The van der Waals surface area contributed by atoms with Gasteiger partial charge in [-0.1, -0.05) is 59.6 Å². The molecule has 0 aliphatic carbocycles. The Morgan fingerprint density at radius 1 is 1.02 bits per heavy atom. The van der Waals surface area contributed by atoms with Crippen LogP contribution in [0.25, 0.3) is 0 Å². The number of rotatable bonds is 7. The molecule has 200 valence electrons. The summed E-state index contributed by atoms with van der Waals surface area (Å²) in [6, 6.07) is 27.2. The van der Waals surface area contributed by atoms with Gasteiger partial charge in [-0.05, 0) is 48.9 Å². The summed E-state index contributed by atoms with van der Waals surface area (Å²) in [5.74, 6) is 0.618. The van der Waals surface area contributed by atoms with Crippen LogP contribution in [-0.4, -0.2) is 13.1 Å². The molecule has 0 radical (unpaired) electrons. The van der Waals surface area contributed by atoms with Gasteiger partial charge in [-0.15, -0.1) is 0 Å². The van der Waals surface area contributed by atoms with Crippen LogP contribution >= 0.6 is 11.6 Å². The summed E-state index contributed by atoms with van der Waals surface area (Å²) in [7, 11) is 1.55. The molecule has 2 N–H and O–H groups in total. The molecular formula is C32H25ClN2O5. The molecule has 0 saturated heterocycles. The number of carbonyl (C=O) groups excluding carboxylic acids is 1. The Labute approximate surface area is 236 Å². The lowest BCUT2D eigenvalue weighted by atomic mass is 9.83. The second kappa shape index (κ2) is 11.4. The van der Waals surface area contributed by atoms with Gasteiger partial charge in [0.1, 0.15) is 29.7 Å². The molecule has 1 unspecified atom stereocenters. The number of benzene rings is 4. The van der Waals surface area contributed by atoms with E-state index in [2.05, 4.69) is 6.07 Å². The number of methoxy groups -OCH3 is 1. The molecule has 5 rings (SSSR count). The Balaban J connectivity index is 1.44. The highest BCUT2D eigenvalue weighted by Crippen LogP contribution is 2.45. The summed E-state index contributed by atoms with van der Waals surface area (Å²) in [6.45, 7) is 2.16. The number of halogens is 1. The molecule has 7 nitrogen and oxygen atoms in total. The van der Waals surface area contributed by atoms with Crippen molar-refractivity contribution in [1.29, 1.82) is 5.26 Å². The Hall–Kier alpha value is -4.93. The van der Waals surface area contributed by atoms with E-state index in [1.807, 2.05) is 37.3 Å². The highest BCUT2D eigenvalue weighted by Gasteiger charge is 2.32. The first kappa shape index (κ1) is 26.7. The minimum atomic E-state index is -0.540. The molecule has 4 aromatic rings. The Bertz CT molecular complexity index is 1670. The number of fused-ring (bicyclic) bond motifs is 1. The summed E-state index contributed by atoms with van der Waals surface area (Å²) in [5, 5.41) is 10.6. The summed E-state index contributed by atoms with van der Waals surface area (Å²) < 4.78 is 23.0. The zero-order chi connectivity index (χ0) is 28.2. The predicted molar refractivity (Wildman–Crippen MR) is 151 cm³/mol. The smallest absolute Gasteiger partial charge is 0.343 e. The van der Waals surface area contributed by atoms with Crippen molar-refractivity contribution in [1.82, 2.24) is 0 Å². The maximum absolute atomic E-state index is 12.7. The van der Waals surface area contributed by atoms with E-state index >= 15 is 0 Å². The maximum atomic E-state index is 12.7. The number of esters is 1. The highest BCUT2D eigenvalue weighted by molar-refractivity contribution is 6.31. The topological polar surface area (TPSA) is 104 Å². The van der Waals surface area contributed by atoms with E-state index in [1.54, 1.807) is 61.7 Å². The van der Waals surface area contributed by atoms with E-state index in [9.17, 15) is 10.1 Å². The quantitative estimate of drug-likeness (QED) is 0.201. The van der Waals surface area contributed by atoms with Gasteiger partial charge in [-0.25, -0.2) is 4.79 Å². The normalized spacial score (nSPS) is 14.0. The zero-order valence-electron chi connectivity index (χ0n) is 21.8. The second-order valence-corrected chi connectivity index (χ2v) is 9.58. The molecule has 0 bridgehead atoms. The van der Waals surface area contributed by atoms with Crippen LogP contribution in [0, 0.1) is 18.3 Å². The van der Waals surface area contributed by atoms with E-state index in [1.165, 1.54) is 0 Å². The molecule has 8 heteroatoms. The third kappa shape index (κ3) is 5.44. The largest absolute Gasteiger partial charge is 0.493 e. The molecule has 1 atom stereocenters. The van der Waals surface area contributed by atoms with Crippen molar-refractivity contribution in [2.45, 2.75) is 19.4 Å². The number of allylic oxidation sites excluding steroid dienone is 1. The molecular weight excluding hydrogens is 528 g/mol. The average Bonchev–Trinajstić information content (AvgIpc) is 2.96. The summed E-state index contributed by atoms with van der Waals surface area (Å²) in [4.78, 5) is 12.7. The third-order valence-electron chi connectivity index (χ3n) is 6.52. The Morgan fingerprint density at radius 2 is 1.85 bits per heavy atom. The van der Waals surface area contributed by atoms with Crippen molar-refractivity contribution in [3.8, 4) is 29.1 Å². The number of hydrogen-bond acceptors (Lipinski definition) is 7. The van der Waals surface area contributed by atoms with Gasteiger partial charge in [0.2, 0.25) is 5.88 Å². The monoisotopic (exact) mass is 552 g/mol. The van der Waals surface area contributed by atoms with Crippen molar-refractivity contribution >= 4 is 17.6 Å². The van der Waals surface area contributed by atoms with Crippen molar-refractivity contribution in [2.24, 2.45) is 5.73 Å². The Morgan fingerprint density at radius 3 is 2.60 bits per heavy atom. The molecule has 0 fully saturated rings. The fourth-order valence-corrected chi connectivity index (χ4v) is 4.72.